The first-order valence-electron chi connectivity index (χ1n) is 5.13. The van der Waals surface area contributed by atoms with Gasteiger partial charge in [-0.25, -0.2) is 9.87 Å². The molecule has 1 amide bonds. The van der Waals surface area contributed by atoms with Crippen molar-refractivity contribution in [2.24, 2.45) is 0 Å². The van der Waals surface area contributed by atoms with Crippen LogP contribution in [0.4, 0.5) is 10.1 Å². The SMILES string of the molecule is CC(C)(C)ONC(=O)c1ccc(F)cc1[N+](=O)[O-]. The summed E-state index contributed by atoms with van der Waals surface area (Å²) in [6, 6.07) is 2.69. The highest BCUT2D eigenvalue weighted by Crippen LogP contribution is 2.19. The van der Waals surface area contributed by atoms with Gasteiger partial charge in [0.05, 0.1) is 16.6 Å². The number of amides is 1. The summed E-state index contributed by atoms with van der Waals surface area (Å²) >= 11 is 0. The van der Waals surface area contributed by atoms with E-state index in [1.807, 2.05) is 0 Å². The molecule has 0 saturated carbocycles. The molecule has 0 aliphatic rings. The second-order valence-electron chi connectivity index (χ2n) is 4.56. The van der Waals surface area contributed by atoms with Crippen LogP contribution in [-0.2, 0) is 4.84 Å². The van der Waals surface area contributed by atoms with Crippen LogP contribution in [0, 0.1) is 15.9 Å². The fourth-order valence-electron chi connectivity index (χ4n) is 1.10. The number of nitrogens with one attached hydrogen (secondary N) is 1. The Labute approximate surface area is 103 Å². The highest BCUT2D eigenvalue weighted by molar-refractivity contribution is 5.97. The number of hydroxylamine groups is 1. The molecule has 0 bridgehead atoms. The van der Waals surface area contributed by atoms with Crippen molar-refractivity contribution in [3.63, 3.8) is 0 Å². The van der Waals surface area contributed by atoms with Gasteiger partial charge in [0.15, 0.2) is 0 Å². The summed E-state index contributed by atoms with van der Waals surface area (Å²) in [5, 5.41) is 10.7. The molecule has 1 aromatic rings. The van der Waals surface area contributed by atoms with Gasteiger partial charge in [-0.05, 0) is 32.9 Å². The molecule has 0 aromatic heterocycles. The standard InChI is InChI=1S/C11H13FN2O4/c1-11(2,3)18-13-10(15)8-5-4-7(12)6-9(8)14(16)17/h4-6H,1-3H3,(H,13,15). The van der Waals surface area contributed by atoms with E-state index >= 15 is 0 Å². The third kappa shape index (κ3) is 3.77. The molecule has 1 aromatic carbocycles. The highest BCUT2D eigenvalue weighted by Gasteiger charge is 2.22. The van der Waals surface area contributed by atoms with Crippen LogP contribution in [-0.4, -0.2) is 16.4 Å². The third-order valence-corrected chi connectivity index (χ3v) is 1.85. The van der Waals surface area contributed by atoms with Crippen LogP contribution in [0.25, 0.3) is 0 Å². The summed E-state index contributed by atoms with van der Waals surface area (Å²) in [6.07, 6.45) is 0. The predicted molar refractivity (Wildman–Crippen MR) is 61.4 cm³/mol. The Balaban J connectivity index is 2.95. The number of rotatable bonds is 3. The maximum atomic E-state index is 12.9. The number of nitro benzene ring substituents is 1. The van der Waals surface area contributed by atoms with E-state index in [0.29, 0.717) is 6.07 Å². The quantitative estimate of drug-likeness (QED) is 0.663. The normalized spacial score (nSPS) is 11.1. The lowest BCUT2D eigenvalue weighted by molar-refractivity contribution is -0.385. The second-order valence-corrected chi connectivity index (χ2v) is 4.56. The van der Waals surface area contributed by atoms with Crippen LogP contribution in [0.15, 0.2) is 18.2 Å². The first-order chi connectivity index (χ1) is 8.20. The summed E-state index contributed by atoms with van der Waals surface area (Å²) in [4.78, 5) is 26.5. The predicted octanol–water partition coefficient (Wildman–Crippen LogP) is 2.19. The average Bonchev–Trinajstić information content (AvgIpc) is 2.24. The molecule has 0 saturated heterocycles. The van der Waals surface area contributed by atoms with Crippen molar-refractivity contribution in [2.45, 2.75) is 26.4 Å². The number of hydrogen-bond acceptors (Lipinski definition) is 4. The minimum Gasteiger partial charge on any atom is -0.268 e. The molecule has 18 heavy (non-hydrogen) atoms. The van der Waals surface area contributed by atoms with Gasteiger partial charge in [-0.15, -0.1) is 0 Å². The molecular weight excluding hydrogens is 243 g/mol. The molecule has 6 nitrogen and oxygen atoms in total. The van der Waals surface area contributed by atoms with Gasteiger partial charge < -0.3 is 0 Å². The van der Waals surface area contributed by atoms with Crippen molar-refractivity contribution >= 4 is 11.6 Å². The van der Waals surface area contributed by atoms with E-state index in [1.54, 1.807) is 20.8 Å². The topological polar surface area (TPSA) is 81.5 Å². The first kappa shape index (κ1) is 14.0. The van der Waals surface area contributed by atoms with Gasteiger partial charge in [-0.2, -0.15) is 0 Å². The van der Waals surface area contributed by atoms with E-state index in [9.17, 15) is 19.3 Å². The van der Waals surface area contributed by atoms with Crippen molar-refractivity contribution in [3.05, 3.63) is 39.7 Å². The maximum absolute atomic E-state index is 12.9. The molecule has 0 fully saturated rings. The molecule has 0 heterocycles. The van der Waals surface area contributed by atoms with Gasteiger partial charge in [-0.3, -0.25) is 19.7 Å². The lowest BCUT2D eigenvalue weighted by Gasteiger charge is -2.18. The van der Waals surface area contributed by atoms with E-state index in [2.05, 4.69) is 5.48 Å². The van der Waals surface area contributed by atoms with Crippen LogP contribution in [0.1, 0.15) is 31.1 Å². The number of benzene rings is 1. The van der Waals surface area contributed by atoms with Crippen LogP contribution in [0.5, 0.6) is 0 Å². The van der Waals surface area contributed by atoms with Crippen molar-refractivity contribution in [1.29, 1.82) is 0 Å². The van der Waals surface area contributed by atoms with E-state index in [1.165, 1.54) is 0 Å². The molecule has 1 rings (SSSR count). The lowest BCUT2D eigenvalue weighted by Crippen LogP contribution is -2.33. The zero-order valence-electron chi connectivity index (χ0n) is 10.2. The number of carbonyl (C=O) groups is 1. The van der Waals surface area contributed by atoms with E-state index < -0.39 is 27.9 Å². The average molecular weight is 256 g/mol. The van der Waals surface area contributed by atoms with Crippen molar-refractivity contribution in [1.82, 2.24) is 5.48 Å². The van der Waals surface area contributed by atoms with Gasteiger partial charge in [0, 0.05) is 0 Å². The van der Waals surface area contributed by atoms with Crippen LogP contribution in [0.2, 0.25) is 0 Å². The van der Waals surface area contributed by atoms with E-state index in [0.717, 1.165) is 12.1 Å². The van der Waals surface area contributed by atoms with Gasteiger partial charge in [0.2, 0.25) is 0 Å². The fraction of sp³-hybridized carbons (Fsp3) is 0.364. The Kier molecular flexibility index (Phi) is 3.97. The largest absolute Gasteiger partial charge is 0.285 e. The molecule has 0 atom stereocenters. The summed E-state index contributed by atoms with van der Waals surface area (Å²) in [6.45, 7) is 5.10. The van der Waals surface area contributed by atoms with E-state index in [-0.39, 0.29) is 5.56 Å². The minimum absolute atomic E-state index is 0.259. The molecule has 1 N–H and O–H groups in total. The summed E-state index contributed by atoms with van der Waals surface area (Å²) in [5.41, 5.74) is 0.588. The van der Waals surface area contributed by atoms with Gasteiger partial charge in [0.1, 0.15) is 11.4 Å². The summed E-state index contributed by atoms with van der Waals surface area (Å²) in [7, 11) is 0. The zero-order valence-corrected chi connectivity index (χ0v) is 10.2. The van der Waals surface area contributed by atoms with Crippen LogP contribution >= 0.6 is 0 Å². The Morgan fingerprint density at radius 2 is 2.06 bits per heavy atom. The molecule has 0 radical (unpaired) electrons. The van der Waals surface area contributed by atoms with Crippen molar-refractivity contribution < 1.29 is 18.9 Å². The number of halogens is 1. The third-order valence-electron chi connectivity index (χ3n) is 1.85. The monoisotopic (exact) mass is 256 g/mol. The molecule has 98 valence electrons. The number of nitrogens with zero attached hydrogens (tertiary/aromatic N) is 1. The Morgan fingerprint density at radius 3 is 2.56 bits per heavy atom. The lowest BCUT2D eigenvalue weighted by atomic mass is 10.1. The zero-order chi connectivity index (χ0) is 13.9. The Bertz CT molecular complexity index is 482. The number of carbonyl (C=O) groups excluding carboxylic acids is 1. The molecule has 7 heteroatoms. The molecule has 0 unspecified atom stereocenters. The minimum atomic E-state index is -0.824. The van der Waals surface area contributed by atoms with Gasteiger partial charge in [-0.1, -0.05) is 0 Å². The van der Waals surface area contributed by atoms with Gasteiger partial charge >= 0.3 is 0 Å². The smallest absolute Gasteiger partial charge is 0.268 e. The Morgan fingerprint density at radius 1 is 1.44 bits per heavy atom. The fourth-order valence-corrected chi connectivity index (χ4v) is 1.10. The van der Waals surface area contributed by atoms with E-state index in [4.69, 9.17) is 4.84 Å². The van der Waals surface area contributed by atoms with Gasteiger partial charge in [0.25, 0.3) is 11.6 Å². The molecular formula is C11H13FN2O4. The first-order valence-corrected chi connectivity index (χ1v) is 5.13. The molecule has 0 aliphatic carbocycles. The molecule has 0 aliphatic heterocycles. The number of nitro groups is 1. The second kappa shape index (κ2) is 5.09. The number of hydrogen-bond donors (Lipinski definition) is 1. The summed E-state index contributed by atoms with van der Waals surface area (Å²) in [5.74, 6) is -1.58. The summed E-state index contributed by atoms with van der Waals surface area (Å²) < 4.78 is 12.9. The van der Waals surface area contributed by atoms with Crippen LogP contribution in [0.3, 0.4) is 0 Å². The molecule has 0 spiro atoms. The maximum Gasteiger partial charge on any atom is 0.285 e. The van der Waals surface area contributed by atoms with Crippen molar-refractivity contribution in [2.75, 3.05) is 0 Å². The van der Waals surface area contributed by atoms with Crippen LogP contribution < -0.4 is 5.48 Å². The Hall–Kier alpha value is -2.02. The van der Waals surface area contributed by atoms with Crippen molar-refractivity contribution in [3.8, 4) is 0 Å². The highest BCUT2D eigenvalue weighted by atomic mass is 19.1.